The summed E-state index contributed by atoms with van der Waals surface area (Å²) >= 11 is 0. The zero-order valence-corrected chi connectivity index (χ0v) is 12.4. The van der Waals surface area contributed by atoms with Gasteiger partial charge in [0.25, 0.3) is 5.69 Å². The third-order valence-corrected chi connectivity index (χ3v) is 3.77. The van der Waals surface area contributed by atoms with Gasteiger partial charge in [-0.05, 0) is 30.9 Å². The van der Waals surface area contributed by atoms with E-state index in [4.69, 9.17) is 4.74 Å². The van der Waals surface area contributed by atoms with Crippen LogP contribution in [-0.2, 0) is 14.3 Å². The molecule has 2 rings (SSSR count). The van der Waals surface area contributed by atoms with Gasteiger partial charge in [-0.25, -0.2) is 0 Å². The third-order valence-electron chi connectivity index (χ3n) is 3.77. The Hall–Kier alpha value is -2.54. The highest BCUT2D eigenvalue weighted by Crippen LogP contribution is 2.26. The second-order valence-electron chi connectivity index (χ2n) is 5.38. The van der Waals surface area contributed by atoms with Crippen molar-refractivity contribution in [2.24, 2.45) is 5.92 Å². The maximum atomic E-state index is 11.5. The molecule has 1 N–H and O–H groups in total. The average Bonchev–Trinajstić information content (AvgIpc) is 3.03. The summed E-state index contributed by atoms with van der Waals surface area (Å²) in [4.78, 5) is 33.1. The van der Waals surface area contributed by atoms with E-state index in [2.05, 4.69) is 0 Å². The Balaban J connectivity index is 2.26. The second-order valence-corrected chi connectivity index (χ2v) is 5.38. The number of carbonyl (C=O) groups excluding carboxylic acids is 1. The molecule has 23 heavy (non-hydrogen) atoms. The molecule has 0 bridgehead atoms. The maximum absolute atomic E-state index is 11.5. The van der Waals surface area contributed by atoms with Gasteiger partial charge >= 0.3 is 5.97 Å². The number of non-ortho nitro benzene ring substituents is 1. The van der Waals surface area contributed by atoms with Crippen molar-refractivity contribution >= 4 is 24.0 Å². The number of hydrogen-bond donors (Lipinski definition) is 1. The van der Waals surface area contributed by atoms with E-state index in [-0.39, 0.29) is 23.8 Å². The summed E-state index contributed by atoms with van der Waals surface area (Å²) in [5.41, 5.74) is 0.378. The Morgan fingerprint density at radius 1 is 1.52 bits per heavy atom. The maximum Gasteiger partial charge on any atom is 0.311 e. The lowest BCUT2D eigenvalue weighted by Crippen LogP contribution is -2.23. The second kappa shape index (κ2) is 7.64. The minimum Gasteiger partial charge on any atom is -0.481 e. The molecule has 0 spiro atoms. The smallest absolute Gasteiger partial charge is 0.311 e. The fraction of sp³-hybridized carbons (Fsp3) is 0.375. The number of carboxylic acid groups (broad SMARTS) is 1. The molecule has 1 aliphatic heterocycles. The first kappa shape index (κ1) is 16.8. The van der Waals surface area contributed by atoms with E-state index in [1.165, 1.54) is 24.3 Å². The summed E-state index contributed by atoms with van der Waals surface area (Å²) in [7, 11) is 0. The van der Waals surface area contributed by atoms with Crippen LogP contribution in [0.1, 0.15) is 24.8 Å². The van der Waals surface area contributed by atoms with E-state index in [1.807, 2.05) is 0 Å². The van der Waals surface area contributed by atoms with Gasteiger partial charge in [-0.2, -0.15) is 0 Å². The van der Waals surface area contributed by atoms with Crippen LogP contribution < -0.4 is 0 Å². The topological polar surface area (TPSA) is 107 Å². The van der Waals surface area contributed by atoms with Crippen LogP contribution in [0.4, 0.5) is 5.69 Å². The van der Waals surface area contributed by atoms with Gasteiger partial charge < -0.3 is 9.84 Å². The Labute approximate surface area is 132 Å². The number of carboxylic acids is 1. The van der Waals surface area contributed by atoms with E-state index in [0.29, 0.717) is 18.5 Å². The largest absolute Gasteiger partial charge is 0.481 e. The van der Waals surface area contributed by atoms with E-state index in [1.54, 1.807) is 6.07 Å². The van der Waals surface area contributed by atoms with Gasteiger partial charge in [0.1, 0.15) is 6.29 Å². The summed E-state index contributed by atoms with van der Waals surface area (Å²) in [6.07, 6.45) is 3.56. The predicted molar refractivity (Wildman–Crippen MR) is 81.9 cm³/mol. The number of nitrogens with zero attached hydrogens (tertiary/aromatic N) is 1. The molecule has 0 amide bonds. The Kier molecular flexibility index (Phi) is 5.59. The Morgan fingerprint density at radius 3 is 2.87 bits per heavy atom. The summed E-state index contributed by atoms with van der Waals surface area (Å²) in [6, 6.07) is 5.71. The van der Waals surface area contributed by atoms with E-state index < -0.39 is 16.8 Å². The molecule has 0 aliphatic carbocycles. The van der Waals surface area contributed by atoms with Crippen LogP contribution in [-0.4, -0.2) is 35.0 Å². The van der Waals surface area contributed by atoms with Crippen LogP contribution in [0.25, 0.3) is 6.08 Å². The summed E-state index contributed by atoms with van der Waals surface area (Å²) in [5, 5.41) is 20.2. The van der Waals surface area contributed by atoms with Crippen LogP contribution in [0.15, 0.2) is 29.8 Å². The summed E-state index contributed by atoms with van der Waals surface area (Å²) in [5.74, 6) is -2.10. The van der Waals surface area contributed by atoms with Crippen molar-refractivity contribution in [2.75, 3.05) is 6.61 Å². The molecule has 122 valence electrons. The van der Waals surface area contributed by atoms with Crippen molar-refractivity contribution in [3.05, 3.63) is 45.5 Å². The fourth-order valence-corrected chi connectivity index (χ4v) is 2.61. The van der Waals surface area contributed by atoms with Gasteiger partial charge in [0.15, 0.2) is 0 Å². The zero-order valence-electron chi connectivity index (χ0n) is 12.4. The molecular formula is C16H17NO6. The van der Waals surface area contributed by atoms with Crippen molar-refractivity contribution in [3.63, 3.8) is 0 Å². The predicted octanol–water partition coefficient (Wildman–Crippen LogP) is 2.45. The van der Waals surface area contributed by atoms with Crippen molar-refractivity contribution in [3.8, 4) is 0 Å². The monoisotopic (exact) mass is 319 g/mol. The highest BCUT2D eigenvalue weighted by Gasteiger charge is 2.28. The highest BCUT2D eigenvalue weighted by molar-refractivity contribution is 5.91. The number of aliphatic carboxylic acids is 1. The van der Waals surface area contributed by atoms with Crippen LogP contribution in [0.3, 0.4) is 0 Å². The summed E-state index contributed by atoms with van der Waals surface area (Å²) < 4.78 is 5.43. The van der Waals surface area contributed by atoms with Gasteiger partial charge in [0.2, 0.25) is 0 Å². The van der Waals surface area contributed by atoms with Gasteiger partial charge in [-0.15, -0.1) is 0 Å². The lowest BCUT2D eigenvalue weighted by molar-refractivity contribution is -0.384. The number of nitro benzene ring substituents is 1. The van der Waals surface area contributed by atoms with Crippen molar-refractivity contribution in [2.45, 2.75) is 25.4 Å². The molecule has 2 unspecified atom stereocenters. The molecule has 1 aliphatic rings. The molecule has 1 saturated heterocycles. The number of aldehydes is 1. The Morgan fingerprint density at radius 2 is 2.30 bits per heavy atom. The molecule has 2 atom stereocenters. The van der Waals surface area contributed by atoms with Gasteiger partial charge in [0, 0.05) is 24.3 Å². The first-order valence-electron chi connectivity index (χ1n) is 7.27. The minimum atomic E-state index is -1.11. The molecule has 1 aromatic rings. The summed E-state index contributed by atoms with van der Waals surface area (Å²) in [6.45, 7) is 0.599. The molecular weight excluding hydrogens is 302 g/mol. The molecule has 1 aromatic carbocycles. The molecule has 0 saturated carbocycles. The number of carbonyl (C=O) groups is 2. The molecule has 7 nitrogen and oxygen atoms in total. The molecule has 7 heteroatoms. The van der Waals surface area contributed by atoms with E-state index >= 15 is 0 Å². The van der Waals surface area contributed by atoms with Crippen LogP contribution in [0.5, 0.6) is 0 Å². The van der Waals surface area contributed by atoms with Gasteiger partial charge in [-0.3, -0.25) is 19.7 Å². The number of ether oxygens (including phenoxy) is 1. The highest BCUT2D eigenvalue weighted by atomic mass is 16.6. The lowest BCUT2D eigenvalue weighted by atomic mass is 9.91. The van der Waals surface area contributed by atoms with Crippen molar-refractivity contribution in [1.29, 1.82) is 0 Å². The third kappa shape index (κ3) is 4.46. The van der Waals surface area contributed by atoms with E-state index in [9.17, 15) is 24.8 Å². The zero-order chi connectivity index (χ0) is 16.8. The molecule has 1 fully saturated rings. The quantitative estimate of drug-likeness (QED) is 0.358. The van der Waals surface area contributed by atoms with Crippen LogP contribution >= 0.6 is 0 Å². The normalized spacial score (nSPS) is 19.3. The van der Waals surface area contributed by atoms with Crippen LogP contribution in [0.2, 0.25) is 0 Å². The van der Waals surface area contributed by atoms with Crippen molar-refractivity contribution in [1.82, 2.24) is 0 Å². The first-order valence-corrected chi connectivity index (χ1v) is 7.27. The molecule has 0 aromatic heterocycles. The number of rotatable bonds is 7. The number of benzene rings is 1. The van der Waals surface area contributed by atoms with Crippen molar-refractivity contribution < 1.29 is 24.4 Å². The number of nitro groups is 1. The fourth-order valence-electron chi connectivity index (χ4n) is 2.61. The van der Waals surface area contributed by atoms with E-state index in [0.717, 1.165) is 12.8 Å². The number of hydrogen-bond acceptors (Lipinski definition) is 5. The standard InChI is InChI=1S/C16H17NO6/c18-10-12(7-11-3-1-4-13(8-11)17(21)22)15(16(19)20)9-14-5-2-6-23-14/h1,3-4,7-8,10,14-15H,2,5-6,9H2,(H,19,20). The average molecular weight is 319 g/mol. The van der Waals surface area contributed by atoms with Gasteiger partial charge in [0.05, 0.1) is 16.9 Å². The minimum absolute atomic E-state index is 0.0773. The van der Waals surface area contributed by atoms with Gasteiger partial charge in [-0.1, -0.05) is 12.1 Å². The molecule has 0 radical (unpaired) electrons. The lowest BCUT2D eigenvalue weighted by Gasteiger charge is -2.16. The SMILES string of the molecule is O=CC(=Cc1cccc([N+](=O)[O-])c1)C(CC1CCCO1)C(=O)O. The Bertz CT molecular complexity index is 633. The van der Waals surface area contributed by atoms with Crippen LogP contribution in [0, 0.1) is 16.0 Å². The molecule has 1 heterocycles. The first-order chi connectivity index (χ1) is 11.0.